The molecule has 0 radical (unpaired) electrons. The number of benzene rings is 1. The molecule has 0 amide bonds. The largest absolute Gasteiger partial charge is 0.461 e. The van der Waals surface area contributed by atoms with E-state index in [-0.39, 0.29) is 5.69 Å². The van der Waals surface area contributed by atoms with E-state index in [0.717, 1.165) is 12.0 Å². The standard InChI is InChI=1S/C18H15ClN2O3/c19-15-8-2-1-7-14(15)17-16(21-12-24-17)18(22)23-10-4-6-13-5-3-9-20-11-13/h1-3,5,7-9,11-12H,4,6,10H2. The fraction of sp³-hybridized carbons (Fsp3) is 0.167. The van der Waals surface area contributed by atoms with Crippen LogP contribution in [0.3, 0.4) is 0 Å². The molecule has 0 atom stereocenters. The first kappa shape index (κ1) is 16.2. The number of halogens is 1. The van der Waals surface area contributed by atoms with E-state index in [2.05, 4.69) is 9.97 Å². The predicted molar refractivity (Wildman–Crippen MR) is 89.8 cm³/mol. The van der Waals surface area contributed by atoms with Crippen LogP contribution in [-0.2, 0) is 11.2 Å². The van der Waals surface area contributed by atoms with Crippen molar-refractivity contribution >= 4 is 17.6 Å². The summed E-state index contributed by atoms with van der Waals surface area (Å²) in [6.45, 7) is 0.294. The number of aromatic nitrogens is 2. The van der Waals surface area contributed by atoms with Crippen molar-refractivity contribution in [3.05, 3.63) is 71.5 Å². The van der Waals surface area contributed by atoms with Gasteiger partial charge in [-0.05, 0) is 36.6 Å². The quantitative estimate of drug-likeness (QED) is 0.496. The zero-order valence-corrected chi connectivity index (χ0v) is 13.6. The number of ether oxygens (including phenoxy) is 1. The highest BCUT2D eigenvalue weighted by Crippen LogP contribution is 2.30. The normalized spacial score (nSPS) is 10.5. The molecule has 0 aliphatic heterocycles. The van der Waals surface area contributed by atoms with Gasteiger partial charge >= 0.3 is 5.97 Å². The summed E-state index contributed by atoms with van der Waals surface area (Å²) in [5.74, 6) is -0.206. The van der Waals surface area contributed by atoms with Crippen molar-refractivity contribution in [1.29, 1.82) is 0 Å². The number of rotatable bonds is 6. The Bertz CT molecular complexity index is 818. The zero-order valence-electron chi connectivity index (χ0n) is 12.8. The molecule has 0 spiro atoms. The van der Waals surface area contributed by atoms with Crippen molar-refractivity contribution in [2.45, 2.75) is 12.8 Å². The average molecular weight is 343 g/mol. The van der Waals surface area contributed by atoms with Crippen LogP contribution in [-0.4, -0.2) is 22.5 Å². The Balaban J connectivity index is 1.60. The molecule has 5 nitrogen and oxygen atoms in total. The maximum absolute atomic E-state index is 12.2. The summed E-state index contributed by atoms with van der Waals surface area (Å²) in [5.41, 5.74) is 1.84. The second kappa shape index (κ2) is 7.75. The second-order valence-corrected chi connectivity index (χ2v) is 5.52. The third kappa shape index (κ3) is 3.81. The van der Waals surface area contributed by atoms with Crippen LogP contribution in [0.4, 0.5) is 0 Å². The lowest BCUT2D eigenvalue weighted by atomic mass is 10.1. The minimum absolute atomic E-state index is 0.129. The molecule has 3 aromatic rings. The second-order valence-electron chi connectivity index (χ2n) is 5.11. The van der Waals surface area contributed by atoms with Crippen LogP contribution in [0, 0.1) is 0 Å². The summed E-state index contributed by atoms with van der Waals surface area (Å²) in [6.07, 6.45) is 6.23. The van der Waals surface area contributed by atoms with E-state index < -0.39 is 5.97 Å². The number of pyridine rings is 1. The molecule has 0 N–H and O–H groups in total. The van der Waals surface area contributed by atoms with E-state index in [9.17, 15) is 4.79 Å². The minimum Gasteiger partial charge on any atom is -0.461 e. The summed E-state index contributed by atoms with van der Waals surface area (Å²) < 4.78 is 10.6. The van der Waals surface area contributed by atoms with Crippen LogP contribution in [0.1, 0.15) is 22.5 Å². The van der Waals surface area contributed by atoms with Gasteiger partial charge in [0.15, 0.2) is 17.8 Å². The van der Waals surface area contributed by atoms with Crippen molar-refractivity contribution < 1.29 is 13.9 Å². The van der Waals surface area contributed by atoms with Crippen LogP contribution in [0.15, 0.2) is 59.6 Å². The summed E-state index contributed by atoms with van der Waals surface area (Å²) in [4.78, 5) is 20.2. The average Bonchev–Trinajstić information content (AvgIpc) is 3.09. The summed E-state index contributed by atoms with van der Waals surface area (Å²) >= 11 is 6.14. The molecule has 0 saturated carbocycles. The molecule has 0 unspecified atom stereocenters. The van der Waals surface area contributed by atoms with Crippen LogP contribution in [0.25, 0.3) is 11.3 Å². The van der Waals surface area contributed by atoms with E-state index in [1.807, 2.05) is 18.2 Å². The minimum atomic E-state index is -0.523. The van der Waals surface area contributed by atoms with Crippen molar-refractivity contribution in [1.82, 2.24) is 9.97 Å². The summed E-state index contributed by atoms with van der Waals surface area (Å²) in [7, 11) is 0. The zero-order chi connectivity index (χ0) is 16.8. The monoisotopic (exact) mass is 342 g/mol. The van der Waals surface area contributed by atoms with E-state index in [4.69, 9.17) is 20.8 Å². The first-order chi connectivity index (χ1) is 11.8. The van der Waals surface area contributed by atoms with Gasteiger partial charge in [-0.2, -0.15) is 0 Å². The topological polar surface area (TPSA) is 65.2 Å². The van der Waals surface area contributed by atoms with Gasteiger partial charge in [0, 0.05) is 18.0 Å². The highest BCUT2D eigenvalue weighted by molar-refractivity contribution is 6.33. The van der Waals surface area contributed by atoms with Crippen molar-refractivity contribution in [3.8, 4) is 11.3 Å². The molecule has 0 saturated heterocycles. The third-order valence-corrected chi connectivity index (χ3v) is 3.77. The maximum atomic E-state index is 12.2. The smallest absolute Gasteiger partial charge is 0.360 e. The van der Waals surface area contributed by atoms with Gasteiger partial charge in [0.1, 0.15) is 0 Å². The SMILES string of the molecule is O=C(OCCCc1cccnc1)c1ncoc1-c1ccccc1Cl. The van der Waals surface area contributed by atoms with Crippen molar-refractivity contribution in [3.63, 3.8) is 0 Å². The van der Waals surface area contributed by atoms with Crippen LogP contribution in [0.2, 0.25) is 5.02 Å². The Morgan fingerprint density at radius 1 is 1.21 bits per heavy atom. The number of esters is 1. The Hall–Kier alpha value is -2.66. The molecule has 2 heterocycles. The Morgan fingerprint density at radius 2 is 2.08 bits per heavy atom. The number of aryl methyl sites for hydroxylation is 1. The lowest BCUT2D eigenvalue weighted by Crippen LogP contribution is -2.09. The van der Waals surface area contributed by atoms with Gasteiger partial charge in [0.05, 0.1) is 11.6 Å². The number of carbonyl (C=O) groups is 1. The fourth-order valence-corrected chi connectivity index (χ4v) is 2.51. The third-order valence-electron chi connectivity index (χ3n) is 3.45. The molecule has 6 heteroatoms. The molecule has 3 rings (SSSR count). The molecule has 0 aliphatic carbocycles. The number of carbonyl (C=O) groups excluding carboxylic acids is 1. The first-order valence-electron chi connectivity index (χ1n) is 7.50. The van der Waals surface area contributed by atoms with Gasteiger partial charge in [-0.15, -0.1) is 0 Å². The highest BCUT2D eigenvalue weighted by atomic mass is 35.5. The predicted octanol–water partition coefficient (Wildman–Crippen LogP) is 4.18. The van der Waals surface area contributed by atoms with Gasteiger partial charge in [0.2, 0.25) is 0 Å². The van der Waals surface area contributed by atoms with Gasteiger partial charge in [-0.3, -0.25) is 4.98 Å². The molecule has 122 valence electrons. The fourth-order valence-electron chi connectivity index (χ4n) is 2.28. The van der Waals surface area contributed by atoms with Gasteiger partial charge in [-0.25, -0.2) is 9.78 Å². The Kier molecular flexibility index (Phi) is 5.23. The van der Waals surface area contributed by atoms with Crippen molar-refractivity contribution in [2.75, 3.05) is 6.61 Å². The van der Waals surface area contributed by atoms with E-state index >= 15 is 0 Å². The van der Waals surface area contributed by atoms with Crippen LogP contribution in [0.5, 0.6) is 0 Å². The Morgan fingerprint density at radius 3 is 2.88 bits per heavy atom. The molecule has 0 fully saturated rings. The number of oxazole rings is 1. The summed E-state index contributed by atoms with van der Waals surface area (Å²) in [6, 6.07) is 11.0. The maximum Gasteiger partial charge on any atom is 0.360 e. The van der Waals surface area contributed by atoms with E-state index in [1.54, 1.807) is 30.6 Å². The molecule has 24 heavy (non-hydrogen) atoms. The van der Waals surface area contributed by atoms with Gasteiger partial charge in [-0.1, -0.05) is 29.8 Å². The molecular formula is C18H15ClN2O3. The number of hydrogen-bond acceptors (Lipinski definition) is 5. The van der Waals surface area contributed by atoms with Crippen LogP contribution < -0.4 is 0 Å². The lowest BCUT2D eigenvalue weighted by molar-refractivity contribution is 0.0495. The number of nitrogens with zero attached hydrogens (tertiary/aromatic N) is 2. The molecular weight excluding hydrogens is 328 g/mol. The van der Waals surface area contributed by atoms with Gasteiger partial charge < -0.3 is 9.15 Å². The first-order valence-corrected chi connectivity index (χ1v) is 7.88. The van der Waals surface area contributed by atoms with Crippen molar-refractivity contribution in [2.24, 2.45) is 0 Å². The van der Waals surface area contributed by atoms with Crippen LogP contribution >= 0.6 is 11.6 Å². The molecule has 2 aromatic heterocycles. The summed E-state index contributed by atoms with van der Waals surface area (Å²) in [5, 5.41) is 0.486. The molecule has 0 bridgehead atoms. The highest BCUT2D eigenvalue weighted by Gasteiger charge is 2.21. The molecule has 0 aliphatic rings. The number of hydrogen-bond donors (Lipinski definition) is 0. The van der Waals surface area contributed by atoms with E-state index in [1.165, 1.54) is 6.39 Å². The lowest BCUT2D eigenvalue weighted by Gasteiger charge is -2.05. The Labute approximate surface area is 144 Å². The molecule has 1 aromatic carbocycles. The van der Waals surface area contributed by atoms with Gasteiger partial charge in [0.25, 0.3) is 0 Å². The van der Waals surface area contributed by atoms with E-state index in [0.29, 0.717) is 29.4 Å².